The van der Waals surface area contributed by atoms with Gasteiger partial charge < -0.3 is 14.8 Å². The molecule has 0 spiro atoms. The van der Waals surface area contributed by atoms with Gasteiger partial charge in [0.15, 0.2) is 9.84 Å². The largest absolute Gasteiger partial charge is 0.497 e. The Morgan fingerprint density at radius 2 is 1.77 bits per heavy atom. The van der Waals surface area contributed by atoms with E-state index in [-0.39, 0.29) is 17.0 Å². The van der Waals surface area contributed by atoms with E-state index in [4.69, 9.17) is 9.47 Å². The molecule has 6 nitrogen and oxygen atoms in total. The second-order valence-electron chi connectivity index (χ2n) is 5.95. The molecule has 0 aliphatic carbocycles. The lowest BCUT2D eigenvalue weighted by atomic mass is 10.1. The monoisotopic (exact) mass is 377 g/mol. The van der Waals surface area contributed by atoms with Crippen LogP contribution in [0, 0.1) is 0 Å². The van der Waals surface area contributed by atoms with Gasteiger partial charge in [-0.25, -0.2) is 8.42 Å². The summed E-state index contributed by atoms with van der Waals surface area (Å²) in [5.41, 5.74) is 0.854. The second kappa shape index (κ2) is 8.23. The molecule has 0 saturated heterocycles. The molecule has 0 bridgehead atoms. The first kappa shape index (κ1) is 19.8. The molecule has 0 aliphatic rings. The van der Waals surface area contributed by atoms with E-state index in [0.717, 1.165) is 5.56 Å². The van der Waals surface area contributed by atoms with Crippen molar-refractivity contribution in [3.05, 3.63) is 53.6 Å². The van der Waals surface area contributed by atoms with Gasteiger partial charge in [-0.05, 0) is 44.2 Å². The predicted octanol–water partition coefficient (Wildman–Crippen LogP) is 2.82. The number of carbonyl (C=O) groups is 1. The Kier molecular flexibility index (Phi) is 6.26. The first-order chi connectivity index (χ1) is 12.3. The number of rotatable bonds is 7. The number of sulfone groups is 1. The average molecular weight is 377 g/mol. The van der Waals surface area contributed by atoms with Gasteiger partial charge in [0, 0.05) is 12.1 Å². The molecule has 7 heteroatoms. The smallest absolute Gasteiger partial charge is 0.252 e. The normalized spacial score (nSPS) is 11.3. The zero-order chi connectivity index (χ0) is 19.3. The molecule has 2 rings (SSSR count). The predicted molar refractivity (Wildman–Crippen MR) is 99.5 cm³/mol. The Hall–Kier alpha value is -2.54. The van der Waals surface area contributed by atoms with E-state index in [2.05, 4.69) is 5.32 Å². The molecule has 2 aromatic rings. The summed E-state index contributed by atoms with van der Waals surface area (Å²) in [4.78, 5) is 12.6. The number of hydrogen-bond donors (Lipinski definition) is 1. The maximum atomic E-state index is 12.6. The Balaban J connectivity index is 2.28. The van der Waals surface area contributed by atoms with Crippen LogP contribution in [0.1, 0.15) is 29.8 Å². The standard InChI is InChI=1S/C19H23NO5S/c1-13(2)26(22,23)18-8-6-5-7-16(18)19(21)20-12-14-11-15(24-3)9-10-17(14)25-4/h5-11,13H,12H2,1-4H3,(H,20,21). The molecule has 0 saturated carbocycles. The van der Waals surface area contributed by atoms with Crippen molar-refractivity contribution in [2.24, 2.45) is 0 Å². The fraction of sp³-hybridized carbons (Fsp3) is 0.316. The molecular weight excluding hydrogens is 354 g/mol. The molecule has 0 aliphatic heterocycles. The zero-order valence-corrected chi connectivity index (χ0v) is 16.1. The molecule has 140 valence electrons. The summed E-state index contributed by atoms with van der Waals surface area (Å²) in [6.07, 6.45) is 0. The molecule has 0 aromatic heterocycles. The summed E-state index contributed by atoms with van der Waals surface area (Å²) >= 11 is 0. The van der Waals surface area contributed by atoms with Crippen molar-refractivity contribution in [1.82, 2.24) is 5.32 Å². The molecule has 0 radical (unpaired) electrons. The lowest BCUT2D eigenvalue weighted by Gasteiger charge is -2.14. The molecule has 1 N–H and O–H groups in total. The SMILES string of the molecule is COc1ccc(OC)c(CNC(=O)c2ccccc2S(=O)(=O)C(C)C)c1. The number of amides is 1. The Morgan fingerprint density at radius 3 is 2.38 bits per heavy atom. The van der Waals surface area contributed by atoms with Crippen molar-refractivity contribution in [3.8, 4) is 11.5 Å². The topological polar surface area (TPSA) is 81.7 Å². The van der Waals surface area contributed by atoms with E-state index in [0.29, 0.717) is 11.5 Å². The van der Waals surface area contributed by atoms with E-state index < -0.39 is 21.0 Å². The van der Waals surface area contributed by atoms with E-state index in [1.54, 1.807) is 51.3 Å². The Labute approximate surface area is 154 Å². The molecule has 2 aromatic carbocycles. The number of nitrogens with one attached hydrogen (secondary N) is 1. The number of benzene rings is 2. The van der Waals surface area contributed by atoms with Crippen LogP contribution in [0.3, 0.4) is 0 Å². The van der Waals surface area contributed by atoms with Crippen molar-refractivity contribution < 1.29 is 22.7 Å². The quantitative estimate of drug-likeness (QED) is 0.802. The van der Waals surface area contributed by atoms with E-state index in [1.807, 2.05) is 0 Å². The fourth-order valence-corrected chi connectivity index (χ4v) is 3.69. The van der Waals surface area contributed by atoms with Crippen molar-refractivity contribution in [2.45, 2.75) is 30.5 Å². The highest BCUT2D eigenvalue weighted by atomic mass is 32.2. The van der Waals surface area contributed by atoms with Crippen molar-refractivity contribution in [1.29, 1.82) is 0 Å². The summed E-state index contributed by atoms with van der Waals surface area (Å²) in [6, 6.07) is 11.5. The molecule has 1 amide bonds. The Bertz CT molecular complexity index is 891. The minimum absolute atomic E-state index is 0.0325. The van der Waals surface area contributed by atoms with Crippen LogP contribution in [0.15, 0.2) is 47.4 Å². The summed E-state index contributed by atoms with van der Waals surface area (Å²) < 4.78 is 35.5. The summed E-state index contributed by atoms with van der Waals surface area (Å²) in [6.45, 7) is 3.35. The van der Waals surface area contributed by atoms with Gasteiger partial charge in [-0.1, -0.05) is 12.1 Å². The third-order valence-electron chi connectivity index (χ3n) is 3.99. The van der Waals surface area contributed by atoms with Gasteiger partial charge in [-0.2, -0.15) is 0 Å². The molecule has 0 unspecified atom stereocenters. The van der Waals surface area contributed by atoms with Crippen LogP contribution in [0.4, 0.5) is 0 Å². The molecule has 0 fully saturated rings. The highest BCUT2D eigenvalue weighted by Gasteiger charge is 2.25. The van der Waals surface area contributed by atoms with E-state index >= 15 is 0 Å². The van der Waals surface area contributed by atoms with Crippen molar-refractivity contribution in [2.75, 3.05) is 14.2 Å². The minimum atomic E-state index is -3.56. The fourth-order valence-electron chi connectivity index (χ4n) is 2.45. The van der Waals surface area contributed by atoms with Gasteiger partial charge in [0.1, 0.15) is 11.5 Å². The van der Waals surface area contributed by atoms with Crippen molar-refractivity contribution >= 4 is 15.7 Å². The zero-order valence-electron chi connectivity index (χ0n) is 15.3. The summed E-state index contributed by atoms with van der Waals surface area (Å²) in [7, 11) is -0.472. The number of carbonyl (C=O) groups excluding carboxylic acids is 1. The minimum Gasteiger partial charge on any atom is -0.497 e. The van der Waals surface area contributed by atoms with Gasteiger partial charge >= 0.3 is 0 Å². The van der Waals surface area contributed by atoms with Crippen molar-refractivity contribution in [3.63, 3.8) is 0 Å². The van der Waals surface area contributed by atoms with Crippen LogP contribution < -0.4 is 14.8 Å². The van der Waals surface area contributed by atoms with Gasteiger partial charge in [-0.15, -0.1) is 0 Å². The average Bonchev–Trinajstić information content (AvgIpc) is 2.65. The van der Waals surface area contributed by atoms with Gasteiger partial charge in [0.25, 0.3) is 5.91 Å². The molecule has 0 heterocycles. The van der Waals surface area contributed by atoms with Crippen LogP contribution in [0.5, 0.6) is 11.5 Å². The highest BCUT2D eigenvalue weighted by Crippen LogP contribution is 2.24. The first-order valence-electron chi connectivity index (χ1n) is 8.13. The lowest BCUT2D eigenvalue weighted by molar-refractivity contribution is 0.0947. The van der Waals surface area contributed by atoms with E-state index in [1.165, 1.54) is 19.2 Å². The maximum Gasteiger partial charge on any atom is 0.252 e. The molecular formula is C19H23NO5S. The summed E-state index contributed by atoms with van der Waals surface area (Å²) in [5.74, 6) is 0.779. The van der Waals surface area contributed by atoms with Crippen LogP contribution >= 0.6 is 0 Å². The third-order valence-corrected chi connectivity index (χ3v) is 6.20. The molecule has 0 atom stereocenters. The van der Waals surface area contributed by atoms with Crippen LogP contribution in [0.2, 0.25) is 0 Å². The number of methoxy groups -OCH3 is 2. The van der Waals surface area contributed by atoms with Crippen LogP contribution in [0.25, 0.3) is 0 Å². The molecule has 26 heavy (non-hydrogen) atoms. The first-order valence-corrected chi connectivity index (χ1v) is 9.68. The van der Waals surface area contributed by atoms with Gasteiger partial charge in [0.2, 0.25) is 0 Å². The van der Waals surface area contributed by atoms with Gasteiger partial charge in [0.05, 0.1) is 29.9 Å². The summed E-state index contributed by atoms with van der Waals surface area (Å²) in [5, 5.41) is 2.14. The number of hydrogen-bond acceptors (Lipinski definition) is 5. The lowest BCUT2D eigenvalue weighted by Crippen LogP contribution is -2.26. The van der Waals surface area contributed by atoms with Gasteiger partial charge in [-0.3, -0.25) is 4.79 Å². The highest BCUT2D eigenvalue weighted by molar-refractivity contribution is 7.92. The van der Waals surface area contributed by atoms with Crippen LogP contribution in [-0.4, -0.2) is 33.8 Å². The Morgan fingerprint density at radius 1 is 1.08 bits per heavy atom. The van der Waals surface area contributed by atoms with E-state index in [9.17, 15) is 13.2 Å². The maximum absolute atomic E-state index is 12.6. The second-order valence-corrected chi connectivity index (χ2v) is 8.42. The van der Waals surface area contributed by atoms with Crippen LogP contribution in [-0.2, 0) is 16.4 Å². The number of ether oxygens (including phenoxy) is 2. The third kappa shape index (κ3) is 4.16.